The van der Waals surface area contributed by atoms with Crippen molar-refractivity contribution in [1.82, 2.24) is 4.57 Å². The highest BCUT2D eigenvalue weighted by Gasteiger charge is 2.26. The number of aromatic nitrogens is 2. The maximum absolute atomic E-state index is 12.8. The van der Waals surface area contributed by atoms with Gasteiger partial charge in [0, 0.05) is 27.2 Å². The minimum atomic E-state index is 0. The number of halogens is 3. The fourth-order valence-corrected chi connectivity index (χ4v) is 4.24. The number of anilines is 1. The van der Waals surface area contributed by atoms with Crippen molar-refractivity contribution in [2.75, 3.05) is 5.32 Å². The Morgan fingerprint density at radius 1 is 1.07 bits per heavy atom. The van der Waals surface area contributed by atoms with Gasteiger partial charge in [0.25, 0.3) is 5.82 Å². The van der Waals surface area contributed by atoms with Gasteiger partial charge in [0.05, 0.1) is 13.1 Å². The number of carbonyl (C=O) groups is 1. The van der Waals surface area contributed by atoms with Crippen LogP contribution in [0.1, 0.15) is 41.1 Å². The van der Waals surface area contributed by atoms with Crippen molar-refractivity contribution in [3.05, 3.63) is 81.3 Å². The molecule has 2 aromatic carbocycles. The lowest BCUT2D eigenvalue weighted by Gasteiger charge is -2.06. The second-order valence-corrected chi connectivity index (χ2v) is 8.77. The smallest absolute Gasteiger partial charge is 0.257 e. The highest BCUT2D eigenvalue weighted by molar-refractivity contribution is 9.10. The molecule has 1 aliphatic heterocycles. The zero-order chi connectivity index (χ0) is 20.2. The molecule has 0 saturated carbocycles. The number of ketones is 1. The molecular weight excluding hydrogens is 530 g/mol. The Hall–Kier alpha value is -1.63. The molecule has 0 atom stereocenters. The monoisotopic (exact) mass is 551 g/mol. The first kappa shape index (κ1) is 23.0. The van der Waals surface area contributed by atoms with E-state index in [0.29, 0.717) is 17.1 Å². The number of hydrogen-bond acceptors (Lipinski definition) is 2. The lowest BCUT2D eigenvalue weighted by molar-refractivity contribution is -0.690. The van der Waals surface area contributed by atoms with Crippen molar-refractivity contribution in [3.63, 3.8) is 0 Å². The molecule has 0 spiro atoms. The van der Waals surface area contributed by atoms with E-state index in [2.05, 4.69) is 48.7 Å². The van der Waals surface area contributed by atoms with Crippen molar-refractivity contribution in [3.8, 4) is 0 Å². The van der Waals surface area contributed by atoms with Crippen LogP contribution in [0.4, 0.5) is 5.69 Å². The lowest BCUT2D eigenvalue weighted by Crippen LogP contribution is -3.00. The van der Waals surface area contributed by atoms with E-state index in [9.17, 15) is 4.79 Å². The van der Waals surface area contributed by atoms with Crippen LogP contribution in [0.25, 0.3) is 0 Å². The Morgan fingerprint density at radius 2 is 1.80 bits per heavy atom. The normalized spacial score (nSPS) is 13.1. The molecule has 3 aromatic rings. The van der Waals surface area contributed by atoms with Gasteiger partial charge in [-0.1, -0.05) is 27.5 Å². The molecule has 0 fully saturated rings. The maximum Gasteiger partial charge on any atom is 0.257 e. The predicted octanol–water partition coefficient (Wildman–Crippen LogP) is 2.42. The molecule has 0 aliphatic carbocycles. The Labute approximate surface area is 201 Å². The third-order valence-electron chi connectivity index (χ3n) is 5.37. The van der Waals surface area contributed by atoms with Gasteiger partial charge in [0.2, 0.25) is 5.78 Å². The van der Waals surface area contributed by atoms with E-state index in [0.717, 1.165) is 29.7 Å². The van der Waals surface area contributed by atoms with E-state index in [1.807, 2.05) is 12.1 Å². The molecule has 30 heavy (non-hydrogen) atoms. The van der Waals surface area contributed by atoms with Crippen molar-refractivity contribution in [2.45, 2.75) is 45.3 Å². The molecule has 158 valence electrons. The Morgan fingerprint density at radius 3 is 2.53 bits per heavy atom. The summed E-state index contributed by atoms with van der Waals surface area (Å²) in [4.78, 5) is 12.8. The number of fused-ring (bicyclic) bond motifs is 1. The Balaban J connectivity index is 0.00000256. The third kappa shape index (κ3) is 5.54. The summed E-state index contributed by atoms with van der Waals surface area (Å²) in [6.45, 7) is 2.10. The maximum atomic E-state index is 12.8. The number of carbonyl (C=O) groups excluding carboxylic acids is 1. The van der Waals surface area contributed by atoms with E-state index in [1.165, 1.54) is 30.8 Å². The summed E-state index contributed by atoms with van der Waals surface area (Å²) >= 11 is 9.43. The fourth-order valence-electron chi connectivity index (χ4n) is 3.85. The Kier molecular flexibility index (Phi) is 8.14. The zero-order valence-corrected chi connectivity index (χ0v) is 20.5. The summed E-state index contributed by atoms with van der Waals surface area (Å²) < 4.78 is 5.60. The third-order valence-corrected chi connectivity index (χ3v) is 6.16. The van der Waals surface area contributed by atoms with Gasteiger partial charge >= 0.3 is 0 Å². The van der Waals surface area contributed by atoms with Gasteiger partial charge in [0.15, 0.2) is 12.2 Å². The lowest BCUT2D eigenvalue weighted by atomic mass is 10.1. The van der Waals surface area contributed by atoms with E-state index in [-0.39, 0.29) is 22.8 Å². The number of nitrogens with zero attached hydrogens (tertiary/aromatic N) is 2. The summed E-state index contributed by atoms with van der Waals surface area (Å²) in [7, 11) is 0. The van der Waals surface area contributed by atoms with Crippen molar-refractivity contribution in [1.29, 1.82) is 0 Å². The highest BCUT2D eigenvalue weighted by Crippen LogP contribution is 2.19. The quantitative estimate of drug-likeness (QED) is 0.376. The molecule has 0 unspecified atom stereocenters. The van der Waals surface area contributed by atoms with E-state index in [4.69, 9.17) is 11.6 Å². The van der Waals surface area contributed by atoms with E-state index in [1.54, 1.807) is 24.3 Å². The zero-order valence-electron chi connectivity index (χ0n) is 16.6. The molecule has 1 aromatic heterocycles. The van der Waals surface area contributed by atoms with Gasteiger partial charge in [0.1, 0.15) is 6.20 Å². The van der Waals surface area contributed by atoms with E-state index >= 15 is 0 Å². The molecule has 0 amide bonds. The Bertz CT molecular complexity index is 1000. The number of benzene rings is 2. The fraction of sp³-hybridized carbons (Fsp3) is 0.304. The molecule has 2 heterocycles. The molecule has 0 radical (unpaired) electrons. The van der Waals surface area contributed by atoms with Crippen LogP contribution in [-0.4, -0.2) is 10.4 Å². The molecule has 0 saturated heterocycles. The topological polar surface area (TPSA) is 37.9 Å². The number of nitrogens with one attached hydrogen (secondary N) is 1. The van der Waals surface area contributed by atoms with Gasteiger partial charge in [-0.25, -0.2) is 9.13 Å². The predicted molar refractivity (Wildman–Crippen MR) is 119 cm³/mol. The van der Waals surface area contributed by atoms with Crippen LogP contribution < -0.4 is 26.9 Å². The molecule has 1 aliphatic rings. The van der Waals surface area contributed by atoms with Crippen LogP contribution in [0.15, 0.2) is 59.2 Å². The largest absolute Gasteiger partial charge is 1.00 e. The van der Waals surface area contributed by atoms with Gasteiger partial charge < -0.3 is 22.3 Å². The van der Waals surface area contributed by atoms with Crippen molar-refractivity contribution >= 4 is 39.0 Å². The van der Waals surface area contributed by atoms with Gasteiger partial charge in [-0.3, -0.25) is 4.79 Å². The number of hydrogen-bond donors (Lipinski definition) is 1. The summed E-state index contributed by atoms with van der Waals surface area (Å²) in [6.07, 6.45) is 6.72. The van der Waals surface area contributed by atoms with Crippen LogP contribution >= 0.6 is 27.5 Å². The first-order chi connectivity index (χ1) is 14.1. The van der Waals surface area contributed by atoms with Crippen LogP contribution in [0.2, 0.25) is 5.02 Å². The van der Waals surface area contributed by atoms with Crippen molar-refractivity contribution in [2.24, 2.45) is 0 Å². The average molecular weight is 554 g/mol. The molecular formula is C23H24Br2ClN3O. The summed E-state index contributed by atoms with van der Waals surface area (Å²) in [5.74, 6) is 1.36. The van der Waals surface area contributed by atoms with Crippen LogP contribution in [0.5, 0.6) is 0 Å². The van der Waals surface area contributed by atoms with Gasteiger partial charge in [-0.05, 0) is 67.8 Å². The van der Waals surface area contributed by atoms with Crippen LogP contribution in [0.3, 0.4) is 0 Å². The summed E-state index contributed by atoms with van der Waals surface area (Å²) in [6, 6.07) is 15.3. The highest BCUT2D eigenvalue weighted by atomic mass is 79.9. The van der Waals surface area contributed by atoms with Crippen LogP contribution in [0, 0.1) is 0 Å². The molecule has 4 rings (SSSR count). The molecule has 1 N–H and O–H groups in total. The van der Waals surface area contributed by atoms with E-state index < -0.39 is 0 Å². The average Bonchev–Trinajstić information content (AvgIpc) is 2.89. The number of imidazole rings is 1. The number of Topliss-reactive ketones (excluding diaryl/α,β-unsaturated/α-hetero) is 1. The molecule has 0 bridgehead atoms. The standard InChI is InChI=1S/C23H24BrClN3O.BrH/c24-18-7-11-20(12-8-18)26-14-21-15-27(23-4-2-1-3-13-28(21)23)16-22(29)17-5-9-19(25)10-6-17;/h5-12,15,26H,1-4,13-14,16H2;1H/q+1;/p-1. The second kappa shape index (κ2) is 10.6. The molecule has 4 nitrogen and oxygen atoms in total. The van der Waals surface area contributed by atoms with Gasteiger partial charge in [-0.15, -0.1) is 0 Å². The van der Waals surface area contributed by atoms with Crippen LogP contribution in [-0.2, 0) is 26.1 Å². The summed E-state index contributed by atoms with van der Waals surface area (Å²) in [5.41, 5.74) is 3.00. The first-order valence-corrected chi connectivity index (χ1v) is 11.2. The minimum absolute atomic E-state index is 0. The van der Waals surface area contributed by atoms with Gasteiger partial charge in [-0.2, -0.15) is 0 Å². The van der Waals surface area contributed by atoms with Crippen molar-refractivity contribution < 1.29 is 26.3 Å². The SMILES string of the molecule is O=C(C[n+]1cc(CNc2ccc(Br)cc2)n2c1CCCCC2)c1ccc(Cl)cc1.[Br-]. The summed E-state index contributed by atoms with van der Waals surface area (Å²) in [5, 5.41) is 4.16. The second-order valence-electron chi connectivity index (χ2n) is 7.42. The first-order valence-electron chi connectivity index (χ1n) is 9.99. The minimum Gasteiger partial charge on any atom is -1.00 e. The molecule has 7 heteroatoms. The number of rotatable bonds is 6.